The van der Waals surface area contributed by atoms with Crippen LogP contribution < -0.4 is 0 Å². The van der Waals surface area contributed by atoms with Crippen LogP contribution in [-0.2, 0) is 11.2 Å². The Balaban J connectivity index is 1.36. The lowest BCUT2D eigenvalue weighted by atomic mass is 9.92. The van der Waals surface area contributed by atoms with Gasteiger partial charge < -0.3 is 10.2 Å². The molecule has 6 heteroatoms. The first-order valence-electron chi connectivity index (χ1n) is 14.2. The zero-order valence-corrected chi connectivity index (χ0v) is 24.9. The number of rotatable bonds is 13. The van der Waals surface area contributed by atoms with Crippen molar-refractivity contribution in [2.24, 2.45) is 5.41 Å². The van der Waals surface area contributed by atoms with Crippen molar-refractivity contribution in [3.63, 3.8) is 0 Å². The first-order chi connectivity index (χ1) is 19.8. The number of hydrogen-bond acceptors (Lipinski definition) is 4. The van der Waals surface area contributed by atoms with Gasteiger partial charge in [-0.05, 0) is 77.6 Å². The molecule has 0 amide bonds. The number of aliphatic carboxylic acids is 1. The fraction of sp³-hybridized carbons (Fsp3) is 0.314. The highest BCUT2D eigenvalue weighted by Crippen LogP contribution is 2.53. The zero-order valence-electron chi connectivity index (χ0n) is 23.3. The van der Waals surface area contributed by atoms with Crippen molar-refractivity contribution in [3.8, 4) is 0 Å². The lowest BCUT2D eigenvalue weighted by Crippen LogP contribution is -2.12. The summed E-state index contributed by atoms with van der Waals surface area (Å²) in [5, 5.41) is 21.2. The Kier molecular flexibility index (Phi) is 9.49. The number of carboxylic acid groups (broad SMARTS) is 1. The molecular formula is C35H36ClNO3S. The Morgan fingerprint density at radius 2 is 1.85 bits per heavy atom. The highest BCUT2D eigenvalue weighted by Gasteiger charge is 2.44. The fourth-order valence-electron chi connectivity index (χ4n) is 5.36. The van der Waals surface area contributed by atoms with Crippen LogP contribution in [0, 0.1) is 5.41 Å². The molecule has 1 heterocycles. The van der Waals surface area contributed by atoms with E-state index in [9.17, 15) is 15.0 Å². The minimum Gasteiger partial charge on any atom is -0.481 e. The zero-order chi connectivity index (χ0) is 28.8. The number of aliphatic hydroxyl groups excluding tert-OH is 1. The Hall–Kier alpha value is -3.12. The standard InChI is InChI=1S/C35H36ClNO3S/c1-24(22-38)31-8-3-2-6-26(31)12-16-33(41-23-35(17-18-35)21-34(39)40)28-7-4-5-25(19-28)9-14-30-15-11-27-10-13-29(36)20-32(27)37-30/h2-11,13-15,19-20,24,33,38H,12,16-18,21-23H2,1H3,(H,39,40)/t24-,33?/m0/s1. The number of hydrogen-bond donors (Lipinski definition) is 2. The second kappa shape index (κ2) is 13.2. The van der Waals surface area contributed by atoms with E-state index in [1.807, 2.05) is 48.2 Å². The van der Waals surface area contributed by atoms with Crippen LogP contribution in [0.15, 0.2) is 78.9 Å². The van der Waals surface area contributed by atoms with Crippen LogP contribution in [0.25, 0.3) is 23.1 Å². The van der Waals surface area contributed by atoms with Gasteiger partial charge in [0, 0.05) is 33.9 Å². The molecule has 4 aromatic rings. The fourth-order valence-corrected chi connectivity index (χ4v) is 7.10. The minimum atomic E-state index is -0.705. The Labute approximate surface area is 251 Å². The highest BCUT2D eigenvalue weighted by atomic mass is 35.5. The molecule has 0 saturated heterocycles. The molecule has 1 unspecified atom stereocenters. The van der Waals surface area contributed by atoms with Crippen LogP contribution in [0.3, 0.4) is 0 Å². The average molecular weight is 586 g/mol. The molecule has 212 valence electrons. The van der Waals surface area contributed by atoms with Crippen molar-refractivity contribution >= 4 is 52.4 Å². The van der Waals surface area contributed by atoms with Crippen molar-refractivity contribution in [1.29, 1.82) is 0 Å². The Bertz CT molecular complexity index is 1550. The first kappa shape index (κ1) is 29.4. The molecule has 5 rings (SSSR count). The second-order valence-corrected chi connectivity index (χ2v) is 12.9. The number of aryl methyl sites for hydroxylation is 1. The Morgan fingerprint density at radius 3 is 2.63 bits per heavy atom. The lowest BCUT2D eigenvalue weighted by Gasteiger charge is -2.22. The molecule has 0 radical (unpaired) electrons. The van der Waals surface area contributed by atoms with Gasteiger partial charge in [-0.1, -0.05) is 85.3 Å². The number of carbonyl (C=O) groups is 1. The minimum absolute atomic E-state index is 0.0692. The SMILES string of the molecule is C[C@@H](CO)c1ccccc1CCC(SCC1(CC(=O)O)CC1)c1cccc(C=Cc2ccc3ccc(Cl)cc3n2)c1. The number of fused-ring (bicyclic) bond motifs is 1. The highest BCUT2D eigenvalue weighted by molar-refractivity contribution is 7.99. The van der Waals surface area contributed by atoms with Gasteiger partial charge in [0.05, 0.1) is 17.6 Å². The molecule has 1 aliphatic carbocycles. The van der Waals surface area contributed by atoms with Crippen molar-refractivity contribution < 1.29 is 15.0 Å². The van der Waals surface area contributed by atoms with Crippen LogP contribution in [0.2, 0.25) is 5.02 Å². The summed E-state index contributed by atoms with van der Waals surface area (Å²) >= 11 is 8.06. The van der Waals surface area contributed by atoms with Crippen molar-refractivity contribution in [2.45, 2.75) is 50.2 Å². The molecule has 1 aromatic heterocycles. The topological polar surface area (TPSA) is 70.4 Å². The van der Waals surface area contributed by atoms with Gasteiger partial charge in [-0.25, -0.2) is 4.98 Å². The molecular weight excluding hydrogens is 550 g/mol. The molecule has 3 aromatic carbocycles. The van der Waals surface area contributed by atoms with Gasteiger partial charge in [0.1, 0.15) is 0 Å². The Morgan fingerprint density at radius 1 is 1.05 bits per heavy atom. The third-order valence-corrected chi connectivity index (χ3v) is 9.94. The largest absolute Gasteiger partial charge is 0.481 e. The van der Waals surface area contributed by atoms with Gasteiger partial charge in [0.2, 0.25) is 0 Å². The molecule has 1 fully saturated rings. The van der Waals surface area contributed by atoms with Crippen molar-refractivity contribution in [2.75, 3.05) is 12.4 Å². The van der Waals surface area contributed by atoms with Crippen LogP contribution in [0.5, 0.6) is 0 Å². The van der Waals surface area contributed by atoms with Crippen molar-refractivity contribution in [1.82, 2.24) is 4.98 Å². The number of aliphatic hydroxyl groups is 1. The summed E-state index contributed by atoms with van der Waals surface area (Å²) in [6.07, 6.45) is 8.17. The van der Waals surface area contributed by atoms with E-state index in [0.717, 1.165) is 53.6 Å². The molecule has 0 bridgehead atoms. The molecule has 41 heavy (non-hydrogen) atoms. The number of carboxylic acids is 1. The molecule has 0 aliphatic heterocycles. The van der Waals surface area contributed by atoms with E-state index < -0.39 is 5.97 Å². The number of benzene rings is 3. The summed E-state index contributed by atoms with van der Waals surface area (Å²) < 4.78 is 0. The predicted octanol–water partition coefficient (Wildman–Crippen LogP) is 8.82. The number of halogens is 1. The molecule has 1 aliphatic rings. The average Bonchev–Trinajstić information content (AvgIpc) is 3.74. The van der Waals surface area contributed by atoms with E-state index >= 15 is 0 Å². The summed E-state index contributed by atoms with van der Waals surface area (Å²) in [6, 6.07) is 26.8. The third kappa shape index (κ3) is 7.79. The molecule has 1 saturated carbocycles. The summed E-state index contributed by atoms with van der Waals surface area (Å²) in [5.74, 6) is 0.238. The van der Waals surface area contributed by atoms with Crippen LogP contribution >= 0.6 is 23.4 Å². The van der Waals surface area contributed by atoms with Crippen LogP contribution in [0.4, 0.5) is 0 Å². The first-order valence-corrected chi connectivity index (χ1v) is 15.6. The lowest BCUT2D eigenvalue weighted by molar-refractivity contribution is -0.138. The molecule has 4 nitrogen and oxygen atoms in total. The summed E-state index contributed by atoms with van der Waals surface area (Å²) in [5.41, 5.74) is 6.48. The third-order valence-electron chi connectivity index (χ3n) is 8.01. The van der Waals surface area contributed by atoms with Gasteiger partial charge in [0.15, 0.2) is 0 Å². The van der Waals surface area contributed by atoms with E-state index in [-0.39, 0.29) is 29.6 Å². The van der Waals surface area contributed by atoms with Gasteiger partial charge in [-0.15, -0.1) is 0 Å². The van der Waals surface area contributed by atoms with E-state index in [1.165, 1.54) is 16.7 Å². The smallest absolute Gasteiger partial charge is 0.303 e. The number of thioether (sulfide) groups is 1. The summed E-state index contributed by atoms with van der Waals surface area (Å²) in [4.78, 5) is 16.2. The number of pyridine rings is 1. The summed E-state index contributed by atoms with van der Waals surface area (Å²) in [7, 11) is 0. The molecule has 2 atom stereocenters. The molecule has 0 spiro atoms. The summed E-state index contributed by atoms with van der Waals surface area (Å²) in [6.45, 7) is 2.18. The quantitative estimate of drug-likeness (QED) is 0.164. The second-order valence-electron chi connectivity index (χ2n) is 11.3. The van der Waals surface area contributed by atoms with E-state index in [4.69, 9.17) is 16.6 Å². The predicted molar refractivity (Wildman–Crippen MR) is 172 cm³/mol. The van der Waals surface area contributed by atoms with E-state index in [0.29, 0.717) is 5.02 Å². The maximum Gasteiger partial charge on any atom is 0.303 e. The van der Waals surface area contributed by atoms with Crippen LogP contribution in [0.1, 0.15) is 71.7 Å². The van der Waals surface area contributed by atoms with Crippen LogP contribution in [-0.4, -0.2) is 33.5 Å². The number of aromatic nitrogens is 1. The van der Waals surface area contributed by atoms with Gasteiger partial charge in [-0.3, -0.25) is 4.79 Å². The van der Waals surface area contributed by atoms with Crippen molar-refractivity contribution in [3.05, 3.63) is 112 Å². The molecule has 2 N–H and O–H groups in total. The van der Waals surface area contributed by atoms with Gasteiger partial charge in [0.25, 0.3) is 0 Å². The van der Waals surface area contributed by atoms with E-state index in [2.05, 4.69) is 61.5 Å². The van der Waals surface area contributed by atoms with Gasteiger partial charge >= 0.3 is 5.97 Å². The van der Waals surface area contributed by atoms with Gasteiger partial charge in [-0.2, -0.15) is 11.8 Å². The number of nitrogens with zero attached hydrogens (tertiary/aromatic N) is 1. The maximum atomic E-state index is 11.5. The monoisotopic (exact) mass is 585 g/mol. The van der Waals surface area contributed by atoms with E-state index in [1.54, 1.807) is 0 Å². The normalized spacial score (nSPS) is 15.7. The maximum absolute atomic E-state index is 11.5.